The van der Waals surface area contributed by atoms with Crippen LogP contribution in [0.15, 0.2) is 29.6 Å². The molecule has 1 saturated heterocycles. The van der Waals surface area contributed by atoms with E-state index in [1.54, 1.807) is 18.4 Å². The molecule has 1 aliphatic heterocycles. The van der Waals surface area contributed by atoms with Gasteiger partial charge in [0.05, 0.1) is 18.2 Å². The first kappa shape index (κ1) is 16.0. The second kappa shape index (κ2) is 6.29. The maximum absolute atomic E-state index is 11.3. The highest BCUT2D eigenvalue weighted by Gasteiger charge is 2.40. The Kier molecular flexibility index (Phi) is 4.37. The van der Waals surface area contributed by atoms with Crippen molar-refractivity contribution in [2.75, 3.05) is 20.2 Å². The molecule has 2 aromatic rings. The molecular weight excluding hydrogens is 312 g/mol. The van der Waals surface area contributed by atoms with Crippen molar-refractivity contribution in [1.29, 1.82) is 0 Å². The van der Waals surface area contributed by atoms with E-state index in [9.17, 15) is 9.90 Å². The third-order valence-electron chi connectivity index (χ3n) is 4.34. The number of ether oxygens (including phenoxy) is 1. The quantitative estimate of drug-likeness (QED) is 0.911. The summed E-state index contributed by atoms with van der Waals surface area (Å²) in [6.07, 6.45) is 0.692. The fourth-order valence-electron chi connectivity index (χ4n) is 2.84. The van der Waals surface area contributed by atoms with E-state index >= 15 is 0 Å². The van der Waals surface area contributed by atoms with Gasteiger partial charge in [-0.3, -0.25) is 9.69 Å². The number of benzene rings is 1. The van der Waals surface area contributed by atoms with Crippen molar-refractivity contribution in [3.05, 3.63) is 35.3 Å². The highest BCUT2D eigenvalue weighted by Crippen LogP contribution is 2.32. The van der Waals surface area contributed by atoms with E-state index in [1.165, 1.54) is 0 Å². The van der Waals surface area contributed by atoms with E-state index < -0.39 is 11.4 Å². The third-order valence-corrected chi connectivity index (χ3v) is 5.28. The van der Waals surface area contributed by atoms with Crippen LogP contribution >= 0.6 is 11.3 Å². The number of carbonyl (C=O) groups is 1. The van der Waals surface area contributed by atoms with Crippen LogP contribution in [0.1, 0.15) is 19.0 Å². The lowest BCUT2D eigenvalue weighted by Gasteiger charge is -2.19. The van der Waals surface area contributed by atoms with Crippen molar-refractivity contribution < 1.29 is 14.6 Å². The Morgan fingerprint density at radius 1 is 1.43 bits per heavy atom. The number of hydrogen-bond donors (Lipinski definition) is 1. The van der Waals surface area contributed by atoms with Crippen molar-refractivity contribution in [3.63, 3.8) is 0 Å². The largest absolute Gasteiger partial charge is 0.497 e. The highest BCUT2D eigenvalue weighted by molar-refractivity contribution is 7.13. The van der Waals surface area contributed by atoms with Gasteiger partial charge in [-0.1, -0.05) is 0 Å². The van der Waals surface area contributed by atoms with Crippen LogP contribution < -0.4 is 4.74 Å². The summed E-state index contributed by atoms with van der Waals surface area (Å²) in [7, 11) is 1.65. The Bertz CT molecular complexity index is 698. The summed E-state index contributed by atoms with van der Waals surface area (Å²) >= 11 is 1.61. The number of aromatic nitrogens is 1. The van der Waals surface area contributed by atoms with Crippen LogP contribution in [0.4, 0.5) is 0 Å². The SMILES string of the molecule is COc1ccc(-c2nc(CN3CCC(C)(C(=O)O)C3)cs2)cc1. The van der Waals surface area contributed by atoms with Crippen molar-refractivity contribution in [2.45, 2.75) is 19.9 Å². The normalized spacial score (nSPS) is 21.5. The molecule has 1 atom stereocenters. The summed E-state index contributed by atoms with van der Waals surface area (Å²) < 4.78 is 5.17. The number of carboxylic acid groups (broad SMARTS) is 1. The van der Waals surface area contributed by atoms with Crippen LogP contribution in [-0.4, -0.2) is 41.2 Å². The number of methoxy groups -OCH3 is 1. The minimum atomic E-state index is -0.711. The molecule has 1 N–H and O–H groups in total. The Labute approximate surface area is 139 Å². The molecule has 6 heteroatoms. The molecule has 1 aromatic carbocycles. The first-order valence-corrected chi connectivity index (χ1v) is 8.43. The van der Waals surface area contributed by atoms with Crippen molar-refractivity contribution in [2.24, 2.45) is 5.41 Å². The lowest BCUT2D eigenvalue weighted by molar-refractivity contribution is -0.147. The van der Waals surface area contributed by atoms with E-state index in [-0.39, 0.29) is 0 Å². The van der Waals surface area contributed by atoms with Crippen LogP contribution in [0.25, 0.3) is 10.6 Å². The zero-order valence-electron chi connectivity index (χ0n) is 13.3. The molecule has 0 amide bonds. The van der Waals surface area contributed by atoms with Gasteiger partial charge in [0.15, 0.2) is 0 Å². The zero-order valence-corrected chi connectivity index (χ0v) is 14.1. The summed E-state index contributed by atoms with van der Waals surface area (Å²) in [5.41, 5.74) is 1.43. The summed E-state index contributed by atoms with van der Waals surface area (Å²) in [5, 5.41) is 12.3. The summed E-state index contributed by atoms with van der Waals surface area (Å²) in [6.45, 7) is 3.91. The van der Waals surface area contributed by atoms with Crippen LogP contribution in [0, 0.1) is 5.41 Å². The van der Waals surface area contributed by atoms with Crippen molar-refractivity contribution in [3.8, 4) is 16.3 Å². The zero-order chi connectivity index (χ0) is 16.4. The van der Waals surface area contributed by atoms with E-state index in [0.717, 1.165) is 28.6 Å². The molecule has 0 radical (unpaired) electrons. The first-order valence-electron chi connectivity index (χ1n) is 7.55. The van der Waals surface area contributed by atoms with Crippen LogP contribution in [0.2, 0.25) is 0 Å². The van der Waals surface area contributed by atoms with Gasteiger partial charge >= 0.3 is 5.97 Å². The van der Waals surface area contributed by atoms with Crippen LogP contribution in [-0.2, 0) is 11.3 Å². The van der Waals surface area contributed by atoms with Crippen LogP contribution in [0.5, 0.6) is 5.75 Å². The van der Waals surface area contributed by atoms with Gasteiger partial charge in [-0.2, -0.15) is 0 Å². The smallest absolute Gasteiger partial charge is 0.310 e. The number of hydrogen-bond acceptors (Lipinski definition) is 5. The molecule has 0 spiro atoms. The number of rotatable bonds is 5. The fourth-order valence-corrected chi connectivity index (χ4v) is 3.66. The molecular formula is C17H20N2O3S. The number of likely N-dealkylation sites (tertiary alicyclic amines) is 1. The second-order valence-corrected chi connectivity index (χ2v) is 7.06. The summed E-state index contributed by atoms with van der Waals surface area (Å²) in [6, 6.07) is 7.85. The van der Waals surface area contributed by atoms with E-state index in [4.69, 9.17) is 4.74 Å². The Hall–Kier alpha value is -1.92. The van der Waals surface area contributed by atoms with E-state index in [1.807, 2.05) is 31.2 Å². The van der Waals surface area contributed by atoms with Gasteiger partial charge in [0, 0.05) is 24.0 Å². The molecule has 122 valence electrons. The molecule has 1 fully saturated rings. The van der Waals surface area contributed by atoms with Crippen molar-refractivity contribution in [1.82, 2.24) is 9.88 Å². The predicted molar refractivity (Wildman–Crippen MR) is 89.7 cm³/mol. The maximum atomic E-state index is 11.3. The van der Waals surface area contributed by atoms with Gasteiger partial charge in [0.2, 0.25) is 0 Å². The average Bonchev–Trinajstić information content (AvgIpc) is 3.16. The molecule has 3 rings (SSSR count). The van der Waals surface area contributed by atoms with Gasteiger partial charge in [0.1, 0.15) is 10.8 Å². The minimum Gasteiger partial charge on any atom is -0.497 e. The molecule has 1 unspecified atom stereocenters. The van der Waals surface area contributed by atoms with E-state index in [2.05, 4.69) is 15.3 Å². The molecule has 23 heavy (non-hydrogen) atoms. The summed E-state index contributed by atoms with van der Waals surface area (Å²) in [5.74, 6) is 0.118. The van der Waals surface area contributed by atoms with Gasteiger partial charge in [-0.05, 0) is 44.2 Å². The molecule has 1 aliphatic rings. The van der Waals surface area contributed by atoms with Crippen molar-refractivity contribution >= 4 is 17.3 Å². The number of carboxylic acids is 1. The topological polar surface area (TPSA) is 62.7 Å². The van der Waals surface area contributed by atoms with Gasteiger partial charge in [-0.25, -0.2) is 4.98 Å². The highest BCUT2D eigenvalue weighted by atomic mass is 32.1. The maximum Gasteiger partial charge on any atom is 0.310 e. The van der Waals surface area contributed by atoms with Gasteiger partial charge < -0.3 is 9.84 Å². The first-order chi connectivity index (χ1) is 11.0. The Balaban J connectivity index is 1.67. The standard InChI is InChI=1S/C17H20N2O3S/c1-17(16(20)21)7-8-19(11-17)9-13-10-23-15(18-13)12-3-5-14(22-2)6-4-12/h3-6,10H,7-9,11H2,1-2H3,(H,20,21). The summed E-state index contributed by atoms with van der Waals surface area (Å²) in [4.78, 5) is 18.2. The Morgan fingerprint density at radius 2 is 2.17 bits per heavy atom. The van der Waals surface area contributed by atoms with Gasteiger partial charge in [0.25, 0.3) is 0 Å². The number of nitrogens with zero attached hydrogens (tertiary/aromatic N) is 2. The van der Waals surface area contributed by atoms with Crippen LogP contribution in [0.3, 0.4) is 0 Å². The molecule has 0 saturated carbocycles. The van der Waals surface area contributed by atoms with E-state index in [0.29, 0.717) is 19.5 Å². The predicted octanol–water partition coefficient (Wildman–Crippen LogP) is 3.12. The lowest BCUT2D eigenvalue weighted by Crippen LogP contribution is -2.31. The minimum absolute atomic E-state index is 0.581. The third kappa shape index (κ3) is 3.38. The monoisotopic (exact) mass is 332 g/mol. The molecule has 2 heterocycles. The Morgan fingerprint density at radius 3 is 2.78 bits per heavy atom. The molecule has 5 nitrogen and oxygen atoms in total. The molecule has 1 aromatic heterocycles. The lowest BCUT2D eigenvalue weighted by atomic mass is 9.90. The molecule has 0 bridgehead atoms. The average molecular weight is 332 g/mol. The van der Waals surface area contributed by atoms with Gasteiger partial charge in [-0.15, -0.1) is 11.3 Å². The fraction of sp³-hybridized carbons (Fsp3) is 0.412. The number of thiazole rings is 1. The number of aliphatic carboxylic acids is 1. The second-order valence-electron chi connectivity index (χ2n) is 6.20. The molecule has 0 aliphatic carbocycles.